The van der Waals surface area contributed by atoms with Crippen molar-refractivity contribution in [1.29, 1.82) is 0 Å². The summed E-state index contributed by atoms with van der Waals surface area (Å²) in [5.41, 5.74) is 3.64. The summed E-state index contributed by atoms with van der Waals surface area (Å²) < 4.78 is 0. The molecule has 0 spiro atoms. The van der Waals surface area contributed by atoms with Gasteiger partial charge < -0.3 is 5.11 Å². The van der Waals surface area contributed by atoms with E-state index in [-0.39, 0.29) is 0 Å². The first kappa shape index (κ1) is 11.5. The van der Waals surface area contributed by atoms with E-state index in [1.54, 1.807) is 12.1 Å². The van der Waals surface area contributed by atoms with Crippen molar-refractivity contribution in [1.82, 2.24) is 0 Å². The summed E-state index contributed by atoms with van der Waals surface area (Å²) in [6, 6.07) is 17.6. The Morgan fingerprint density at radius 3 is 2.24 bits per heavy atom. The molecule has 0 fully saturated rings. The second-order valence-electron chi connectivity index (χ2n) is 3.98. The van der Waals surface area contributed by atoms with E-state index in [9.17, 15) is 5.11 Å². The maximum atomic E-state index is 9.28. The highest BCUT2D eigenvalue weighted by molar-refractivity contribution is 5.81. The molecule has 0 aliphatic carbocycles. The maximum absolute atomic E-state index is 9.28. The molecule has 0 aliphatic rings. The second kappa shape index (κ2) is 5.35. The molecule has 1 heteroatoms. The van der Waals surface area contributed by atoms with Crippen molar-refractivity contribution < 1.29 is 5.11 Å². The number of phenolic OH excluding ortho intramolecular Hbond substituents is 1. The van der Waals surface area contributed by atoms with Crippen molar-refractivity contribution in [2.75, 3.05) is 0 Å². The van der Waals surface area contributed by atoms with Crippen LogP contribution in [0.25, 0.3) is 11.6 Å². The molecule has 0 saturated carbocycles. The van der Waals surface area contributed by atoms with Gasteiger partial charge in [-0.05, 0) is 35.3 Å². The maximum Gasteiger partial charge on any atom is 0.115 e. The first-order valence-electron chi connectivity index (χ1n) is 5.84. The Kier molecular flexibility index (Phi) is 3.61. The normalized spacial score (nSPS) is 11.5. The van der Waals surface area contributed by atoms with Crippen molar-refractivity contribution in [2.45, 2.75) is 13.3 Å². The molecule has 2 aromatic carbocycles. The van der Waals surface area contributed by atoms with E-state index >= 15 is 0 Å². The van der Waals surface area contributed by atoms with Gasteiger partial charge in [-0.1, -0.05) is 55.5 Å². The third kappa shape index (κ3) is 2.97. The fourth-order valence-corrected chi connectivity index (χ4v) is 1.82. The van der Waals surface area contributed by atoms with Crippen LogP contribution in [0.15, 0.2) is 54.6 Å². The molecule has 0 unspecified atom stereocenters. The van der Waals surface area contributed by atoms with Crippen molar-refractivity contribution in [2.24, 2.45) is 0 Å². The summed E-state index contributed by atoms with van der Waals surface area (Å²) in [7, 11) is 0. The zero-order valence-corrected chi connectivity index (χ0v) is 9.93. The number of rotatable bonds is 3. The van der Waals surface area contributed by atoms with Crippen LogP contribution in [0.2, 0.25) is 0 Å². The van der Waals surface area contributed by atoms with Gasteiger partial charge in [0.2, 0.25) is 0 Å². The van der Waals surface area contributed by atoms with Crippen LogP contribution in [0.4, 0.5) is 0 Å². The molecular weight excluding hydrogens is 208 g/mol. The second-order valence-corrected chi connectivity index (χ2v) is 3.98. The van der Waals surface area contributed by atoms with Crippen molar-refractivity contribution >= 4 is 11.6 Å². The van der Waals surface area contributed by atoms with Crippen LogP contribution in [0.5, 0.6) is 5.75 Å². The number of aromatic hydroxyl groups is 1. The molecule has 17 heavy (non-hydrogen) atoms. The molecule has 0 aromatic heterocycles. The number of hydrogen-bond acceptors (Lipinski definition) is 1. The molecule has 1 N–H and O–H groups in total. The van der Waals surface area contributed by atoms with Gasteiger partial charge in [-0.15, -0.1) is 0 Å². The minimum absolute atomic E-state index is 0.309. The molecule has 86 valence electrons. The van der Waals surface area contributed by atoms with Crippen molar-refractivity contribution in [3.8, 4) is 5.75 Å². The van der Waals surface area contributed by atoms with Crippen LogP contribution in [0.1, 0.15) is 24.5 Å². The molecule has 0 aliphatic heterocycles. The predicted molar refractivity (Wildman–Crippen MR) is 72.7 cm³/mol. The lowest BCUT2D eigenvalue weighted by Crippen LogP contribution is -1.82. The van der Waals surface area contributed by atoms with E-state index in [1.165, 1.54) is 11.1 Å². The molecule has 0 bridgehead atoms. The number of phenols is 1. The molecule has 0 atom stereocenters. The van der Waals surface area contributed by atoms with Gasteiger partial charge >= 0.3 is 0 Å². The molecular formula is C16H16O. The zero-order chi connectivity index (χ0) is 12.1. The number of hydrogen-bond donors (Lipinski definition) is 1. The minimum Gasteiger partial charge on any atom is -0.508 e. The lowest BCUT2D eigenvalue weighted by atomic mass is 10.0. The average molecular weight is 224 g/mol. The topological polar surface area (TPSA) is 20.2 Å². The largest absolute Gasteiger partial charge is 0.508 e. The van der Waals surface area contributed by atoms with Crippen molar-refractivity contribution in [3.05, 3.63) is 65.7 Å². The van der Waals surface area contributed by atoms with Gasteiger partial charge in [0.15, 0.2) is 0 Å². The lowest BCUT2D eigenvalue weighted by molar-refractivity contribution is 0.475. The Hall–Kier alpha value is -2.02. The fourth-order valence-electron chi connectivity index (χ4n) is 1.82. The van der Waals surface area contributed by atoms with Gasteiger partial charge in [0, 0.05) is 0 Å². The first-order valence-corrected chi connectivity index (χ1v) is 5.84. The van der Waals surface area contributed by atoms with E-state index in [4.69, 9.17) is 0 Å². The molecule has 2 rings (SSSR count). The van der Waals surface area contributed by atoms with E-state index in [1.807, 2.05) is 30.3 Å². The summed E-state index contributed by atoms with van der Waals surface area (Å²) in [5.74, 6) is 0.309. The van der Waals surface area contributed by atoms with E-state index < -0.39 is 0 Å². The van der Waals surface area contributed by atoms with Crippen LogP contribution in [-0.4, -0.2) is 5.11 Å². The Morgan fingerprint density at radius 2 is 1.65 bits per heavy atom. The SMILES string of the molecule is CCC(=Cc1ccccc1)c1ccc(O)cc1. The van der Waals surface area contributed by atoms with Gasteiger partial charge in [0.25, 0.3) is 0 Å². The van der Waals surface area contributed by atoms with E-state index in [0.717, 1.165) is 12.0 Å². The average Bonchev–Trinajstić information content (AvgIpc) is 2.38. The standard InChI is InChI=1S/C16H16O/c1-2-14(12-13-6-4-3-5-7-13)15-8-10-16(17)11-9-15/h3-12,17H,2H2,1H3. The van der Waals surface area contributed by atoms with Gasteiger partial charge in [-0.2, -0.15) is 0 Å². The van der Waals surface area contributed by atoms with E-state index in [2.05, 4.69) is 25.1 Å². The third-order valence-electron chi connectivity index (χ3n) is 2.76. The number of allylic oxidation sites excluding steroid dienone is 1. The summed E-state index contributed by atoms with van der Waals surface area (Å²) in [4.78, 5) is 0. The predicted octanol–water partition coefficient (Wildman–Crippen LogP) is 4.34. The molecule has 0 heterocycles. The summed E-state index contributed by atoms with van der Waals surface area (Å²) in [5, 5.41) is 9.28. The zero-order valence-electron chi connectivity index (χ0n) is 9.93. The molecule has 2 aromatic rings. The smallest absolute Gasteiger partial charge is 0.115 e. The van der Waals surface area contributed by atoms with Gasteiger partial charge in [-0.3, -0.25) is 0 Å². The van der Waals surface area contributed by atoms with Gasteiger partial charge in [0.05, 0.1) is 0 Å². The highest BCUT2D eigenvalue weighted by Crippen LogP contribution is 2.23. The quantitative estimate of drug-likeness (QED) is 0.769. The van der Waals surface area contributed by atoms with E-state index in [0.29, 0.717) is 5.75 Å². The summed E-state index contributed by atoms with van der Waals surface area (Å²) in [6.07, 6.45) is 3.16. The van der Waals surface area contributed by atoms with Crippen LogP contribution in [0.3, 0.4) is 0 Å². The molecule has 0 saturated heterocycles. The monoisotopic (exact) mass is 224 g/mol. The molecule has 0 amide bonds. The third-order valence-corrected chi connectivity index (χ3v) is 2.76. The van der Waals surface area contributed by atoms with Crippen LogP contribution >= 0.6 is 0 Å². The molecule has 1 nitrogen and oxygen atoms in total. The molecule has 0 radical (unpaired) electrons. The fraction of sp³-hybridized carbons (Fsp3) is 0.125. The summed E-state index contributed by atoms with van der Waals surface area (Å²) >= 11 is 0. The van der Waals surface area contributed by atoms with Crippen LogP contribution in [0, 0.1) is 0 Å². The number of benzene rings is 2. The van der Waals surface area contributed by atoms with Crippen LogP contribution < -0.4 is 0 Å². The Balaban J connectivity index is 2.34. The van der Waals surface area contributed by atoms with Crippen molar-refractivity contribution in [3.63, 3.8) is 0 Å². The Morgan fingerprint density at radius 1 is 1.00 bits per heavy atom. The summed E-state index contributed by atoms with van der Waals surface area (Å²) in [6.45, 7) is 2.14. The van der Waals surface area contributed by atoms with Gasteiger partial charge in [-0.25, -0.2) is 0 Å². The minimum atomic E-state index is 0.309. The highest BCUT2D eigenvalue weighted by Gasteiger charge is 1.99. The first-order chi connectivity index (χ1) is 8.29. The highest BCUT2D eigenvalue weighted by atomic mass is 16.3. The lowest BCUT2D eigenvalue weighted by Gasteiger charge is -2.05. The Bertz CT molecular complexity index is 495. The Labute approximate surface area is 102 Å². The van der Waals surface area contributed by atoms with Gasteiger partial charge in [0.1, 0.15) is 5.75 Å². The van der Waals surface area contributed by atoms with Crippen LogP contribution in [-0.2, 0) is 0 Å².